The van der Waals surface area contributed by atoms with Gasteiger partial charge in [0, 0.05) is 20.3 Å². The molecule has 0 aliphatic heterocycles. The van der Waals surface area contributed by atoms with Crippen molar-refractivity contribution in [3.63, 3.8) is 0 Å². The summed E-state index contributed by atoms with van der Waals surface area (Å²) in [5.41, 5.74) is 0.489. The normalized spacial score (nSPS) is 11.1. The van der Waals surface area contributed by atoms with Crippen LogP contribution in [0.5, 0.6) is 0 Å². The minimum absolute atomic E-state index is 0.121. The predicted octanol–water partition coefficient (Wildman–Crippen LogP) is 1.20. The van der Waals surface area contributed by atoms with Crippen molar-refractivity contribution < 1.29 is 4.79 Å². The Kier molecular flexibility index (Phi) is 4.40. The molecular weight excluding hydrogens is 380 g/mol. The van der Waals surface area contributed by atoms with Crippen molar-refractivity contribution in [1.29, 1.82) is 0 Å². The van der Waals surface area contributed by atoms with Crippen molar-refractivity contribution in [2.75, 3.05) is 5.32 Å². The highest BCUT2D eigenvalue weighted by Crippen LogP contribution is 2.28. The highest BCUT2D eigenvalue weighted by molar-refractivity contribution is 7.19. The van der Waals surface area contributed by atoms with E-state index < -0.39 is 11.2 Å². The van der Waals surface area contributed by atoms with Gasteiger partial charge in [0.15, 0.2) is 16.3 Å². The Hall–Kier alpha value is -3.53. The number of anilines is 1. The molecule has 0 aliphatic carbocycles. The van der Waals surface area contributed by atoms with Crippen molar-refractivity contribution in [3.8, 4) is 10.4 Å². The largest absolute Gasteiger partial charge is 0.332 e. The topological polar surface area (TPSA) is 104 Å². The van der Waals surface area contributed by atoms with E-state index in [0.29, 0.717) is 5.13 Å². The molecule has 142 valence electrons. The van der Waals surface area contributed by atoms with Crippen LogP contribution in [0.4, 0.5) is 5.13 Å². The second-order valence-corrected chi connectivity index (χ2v) is 7.22. The van der Waals surface area contributed by atoms with Crippen LogP contribution in [-0.2, 0) is 25.4 Å². The molecule has 1 N–H and O–H groups in total. The Morgan fingerprint density at radius 2 is 1.86 bits per heavy atom. The van der Waals surface area contributed by atoms with Crippen LogP contribution in [0.15, 0.2) is 52.4 Å². The minimum atomic E-state index is -0.496. The van der Waals surface area contributed by atoms with Gasteiger partial charge in [0.25, 0.3) is 5.56 Å². The highest BCUT2D eigenvalue weighted by Gasteiger charge is 2.16. The Balaban J connectivity index is 1.58. The lowest BCUT2D eigenvalue weighted by molar-refractivity contribution is -0.116. The summed E-state index contributed by atoms with van der Waals surface area (Å²) < 4.78 is 3.70. The summed E-state index contributed by atoms with van der Waals surface area (Å²) in [4.78, 5) is 46.1. The molecule has 0 radical (unpaired) electrons. The van der Waals surface area contributed by atoms with Gasteiger partial charge in [0.1, 0.15) is 6.54 Å². The van der Waals surface area contributed by atoms with Crippen LogP contribution < -0.4 is 16.6 Å². The van der Waals surface area contributed by atoms with E-state index in [1.807, 2.05) is 30.3 Å². The number of benzene rings is 1. The van der Waals surface area contributed by atoms with E-state index in [4.69, 9.17) is 0 Å². The van der Waals surface area contributed by atoms with Gasteiger partial charge >= 0.3 is 5.69 Å². The molecule has 0 saturated carbocycles. The van der Waals surface area contributed by atoms with Gasteiger partial charge in [-0.1, -0.05) is 41.7 Å². The van der Waals surface area contributed by atoms with Crippen LogP contribution in [0.3, 0.4) is 0 Å². The van der Waals surface area contributed by atoms with Crippen LogP contribution in [0.1, 0.15) is 0 Å². The van der Waals surface area contributed by atoms with Gasteiger partial charge in [0.05, 0.1) is 11.2 Å². The summed E-state index contributed by atoms with van der Waals surface area (Å²) in [6.45, 7) is -0.121. The number of imidazole rings is 1. The molecular formula is C18H16N6O3S. The summed E-state index contributed by atoms with van der Waals surface area (Å²) in [5.74, 6) is -0.343. The van der Waals surface area contributed by atoms with Crippen molar-refractivity contribution in [3.05, 3.63) is 63.7 Å². The zero-order valence-corrected chi connectivity index (χ0v) is 15.9. The molecule has 0 atom stereocenters. The second-order valence-electron chi connectivity index (χ2n) is 6.19. The number of fused-ring (bicyclic) bond motifs is 1. The second kappa shape index (κ2) is 6.89. The number of hydrogen-bond donors (Lipinski definition) is 1. The first-order chi connectivity index (χ1) is 13.5. The van der Waals surface area contributed by atoms with Gasteiger partial charge in [-0.25, -0.2) is 14.8 Å². The van der Waals surface area contributed by atoms with Gasteiger partial charge in [0.2, 0.25) is 5.91 Å². The number of carbonyl (C=O) groups excluding carboxylic acids is 1. The number of amides is 1. The number of aryl methyl sites for hydroxylation is 1. The number of rotatable bonds is 4. The zero-order chi connectivity index (χ0) is 19.8. The maximum absolute atomic E-state index is 12.4. The summed E-state index contributed by atoms with van der Waals surface area (Å²) in [6.07, 6.45) is 3.08. The summed E-state index contributed by atoms with van der Waals surface area (Å²) in [6, 6.07) is 9.74. The van der Waals surface area contributed by atoms with Crippen molar-refractivity contribution in [2.24, 2.45) is 14.1 Å². The SMILES string of the molecule is Cn1c(=O)c2c(ncn2CC(=O)Nc2ncc(-c3ccccc3)s2)n(C)c1=O. The summed E-state index contributed by atoms with van der Waals surface area (Å²) in [7, 11) is 2.92. The monoisotopic (exact) mass is 396 g/mol. The summed E-state index contributed by atoms with van der Waals surface area (Å²) in [5, 5.41) is 3.20. The quantitative estimate of drug-likeness (QED) is 0.558. The molecule has 0 unspecified atom stereocenters. The summed E-state index contributed by atoms with van der Waals surface area (Å²) >= 11 is 1.36. The molecule has 0 spiro atoms. The molecule has 28 heavy (non-hydrogen) atoms. The first kappa shape index (κ1) is 17.9. The number of carbonyl (C=O) groups is 1. The Bertz CT molecular complexity index is 1300. The highest BCUT2D eigenvalue weighted by atomic mass is 32.1. The van der Waals surface area contributed by atoms with Crippen LogP contribution in [0.25, 0.3) is 21.6 Å². The standard InChI is InChI=1S/C18H16N6O3S/c1-22-15-14(16(26)23(2)18(22)27)24(10-20-15)9-13(25)21-17-19-8-12(28-17)11-6-4-3-5-7-11/h3-8,10H,9H2,1-2H3,(H,19,21,25). The number of thiazole rings is 1. The average molecular weight is 396 g/mol. The van der Waals surface area contributed by atoms with Crippen molar-refractivity contribution in [2.45, 2.75) is 6.54 Å². The molecule has 3 aromatic heterocycles. The van der Waals surface area contributed by atoms with E-state index in [0.717, 1.165) is 15.0 Å². The molecule has 0 fully saturated rings. The third-order valence-electron chi connectivity index (χ3n) is 4.34. The first-order valence-corrected chi connectivity index (χ1v) is 9.19. The molecule has 0 bridgehead atoms. The maximum Gasteiger partial charge on any atom is 0.332 e. The molecule has 4 rings (SSSR count). The molecule has 0 aliphatic rings. The fraction of sp³-hybridized carbons (Fsp3) is 0.167. The van der Waals surface area contributed by atoms with E-state index in [9.17, 15) is 14.4 Å². The van der Waals surface area contributed by atoms with E-state index in [1.54, 1.807) is 6.20 Å². The average Bonchev–Trinajstić information content (AvgIpc) is 3.33. The maximum atomic E-state index is 12.4. The number of nitrogens with one attached hydrogen (secondary N) is 1. The van der Waals surface area contributed by atoms with Gasteiger partial charge in [-0.15, -0.1) is 0 Å². The molecule has 1 aromatic carbocycles. The zero-order valence-electron chi connectivity index (χ0n) is 15.1. The number of nitrogens with zero attached hydrogens (tertiary/aromatic N) is 5. The van der Waals surface area contributed by atoms with Crippen LogP contribution in [0.2, 0.25) is 0 Å². The molecule has 3 heterocycles. The van der Waals surface area contributed by atoms with Crippen molar-refractivity contribution in [1.82, 2.24) is 23.7 Å². The molecule has 0 saturated heterocycles. The molecule has 4 aromatic rings. The van der Waals surface area contributed by atoms with Gasteiger partial charge < -0.3 is 9.88 Å². The first-order valence-electron chi connectivity index (χ1n) is 8.37. The molecule has 10 heteroatoms. The lowest BCUT2D eigenvalue weighted by Crippen LogP contribution is -2.37. The Morgan fingerprint density at radius 1 is 1.11 bits per heavy atom. The van der Waals surface area contributed by atoms with Crippen LogP contribution in [0, 0.1) is 0 Å². The number of aromatic nitrogens is 5. The Labute approximate surface area is 162 Å². The van der Waals surface area contributed by atoms with Gasteiger partial charge in [-0.3, -0.25) is 18.7 Å². The van der Waals surface area contributed by atoms with E-state index in [-0.39, 0.29) is 23.6 Å². The van der Waals surface area contributed by atoms with E-state index in [2.05, 4.69) is 15.3 Å². The van der Waals surface area contributed by atoms with Crippen molar-refractivity contribution >= 4 is 33.5 Å². The van der Waals surface area contributed by atoms with Crippen LogP contribution >= 0.6 is 11.3 Å². The van der Waals surface area contributed by atoms with E-state index >= 15 is 0 Å². The van der Waals surface area contributed by atoms with E-state index in [1.165, 1.54) is 40.9 Å². The van der Waals surface area contributed by atoms with Gasteiger partial charge in [-0.05, 0) is 5.56 Å². The van der Waals surface area contributed by atoms with Crippen LogP contribution in [-0.4, -0.2) is 29.6 Å². The fourth-order valence-corrected chi connectivity index (χ4v) is 3.74. The molecule has 9 nitrogen and oxygen atoms in total. The predicted molar refractivity (Wildman–Crippen MR) is 106 cm³/mol. The Morgan fingerprint density at radius 3 is 2.61 bits per heavy atom. The van der Waals surface area contributed by atoms with Gasteiger partial charge in [-0.2, -0.15) is 0 Å². The smallest absolute Gasteiger partial charge is 0.315 e. The lowest BCUT2D eigenvalue weighted by atomic mass is 10.2. The number of hydrogen-bond acceptors (Lipinski definition) is 6. The fourth-order valence-electron chi connectivity index (χ4n) is 2.90. The third-order valence-corrected chi connectivity index (χ3v) is 5.30. The minimum Gasteiger partial charge on any atom is -0.315 e. The molecule has 1 amide bonds. The third kappa shape index (κ3) is 3.03. The lowest BCUT2D eigenvalue weighted by Gasteiger charge is -2.06.